The molecule has 182 valence electrons. The first-order valence-corrected chi connectivity index (χ1v) is 11.0. The molecule has 0 aliphatic heterocycles. The first kappa shape index (κ1) is 27.9. The number of carbonyl (C=O) groups is 3. The molecule has 0 spiro atoms. The molecule has 1 rings (SSSR count). The van der Waals surface area contributed by atoms with Gasteiger partial charge in [0.05, 0.1) is 0 Å². The Morgan fingerprint density at radius 1 is 1.15 bits per heavy atom. The molecule has 1 atom stereocenters. The SMILES string of the molecule is C=C(c1ccccc1NC)C(C)(C)CC(=O)NC(C(=O)N(C)C/C=C(\C)C(=O)O)C(C)(C)C. The number of rotatable bonds is 10. The minimum Gasteiger partial charge on any atom is -0.478 e. The Morgan fingerprint density at radius 2 is 1.73 bits per heavy atom. The van der Waals surface area contributed by atoms with E-state index in [1.165, 1.54) is 17.9 Å². The molecule has 2 amide bonds. The van der Waals surface area contributed by atoms with Gasteiger partial charge < -0.3 is 20.6 Å². The van der Waals surface area contributed by atoms with Gasteiger partial charge in [-0.25, -0.2) is 4.79 Å². The number of amides is 2. The number of hydrogen-bond donors (Lipinski definition) is 3. The Labute approximate surface area is 197 Å². The van der Waals surface area contributed by atoms with E-state index in [-0.39, 0.29) is 30.4 Å². The van der Waals surface area contributed by atoms with E-state index < -0.39 is 22.8 Å². The molecule has 0 radical (unpaired) electrons. The van der Waals surface area contributed by atoms with Crippen LogP contribution < -0.4 is 10.6 Å². The van der Waals surface area contributed by atoms with Gasteiger partial charge in [-0.05, 0) is 29.4 Å². The molecule has 1 unspecified atom stereocenters. The summed E-state index contributed by atoms with van der Waals surface area (Å²) in [6.07, 6.45) is 1.64. The molecule has 0 aromatic heterocycles. The monoisotopic (exact) mass is 457 g/mol. The molecule has 7 heteroatoms. The summed E-state index contributed by atoms with van der Waals surface area (Å²) >= 11 is 0. The Hall–Kier alpha value is -3.09. The van der Waals surface area contributed by atoms with E-state index in [4.69, 9.17) is 5.11 Å². The summed E-state index contributed by atoms with van der Waals surface area (Å²) in [5, 5.41) is 15.1. The second-order valence-corrected chi connectivity index (χ2v) is 10.1. The fourth-order valence-electron chi connectivity index (χ4n) is 3.37. The van der Waals surface area contributed by atoms with Crippen molar-refractivity contribution in [1.29, 1.82) is 0 Å². The third-order valence-electron chi connectivity index (χ3n) is 5.74. The lowest BCUT2D eigenvalue weighted by Crippen LogP contribution is -2.54. The molecule has 0 aliphatic carbocycles. The van der Waals surface area contributed by atoms with Crippen LogP contribution in [-0.4, -0.2) is 54.5 Å². The van der Waals surface area contributed by atoms with E-state index in [1.54, 1.807) is 7.05 Å². The van der Waals surface area contributed by atoms with Gasteiger partial charge in [-0.2, -0.15) is 0 Å². The van der Waals surface area contributed by atoms with Gasteiger partial charge in [0, 0.05) is 43.9 Å². The van der Waals surface area contributed by atoms with Gasteiger partial charge in [0.15, 0.2) is 0 Å². The van der Waals surface area contributed by atoms with Crippen LogP contribution in [0.15, 0.2) is 42.5 Å². The number of benzene rings is 1. The van der Waals surface area contributed by atoms with Crippen molar-refractivity contribution < 1.29 is 19.5 Å². The zero-order chi connectivity index (χ0) is 25.6. The molecule has 0 saturated heterocycles. The number of nitrogens with zero attached hydrogens (tertiary/aromatic N) is 1. The number of anilines is 1. The van der Waals surface area contributed by atoms with Gasteiger partial charge in [0.1, 0.15) is 6.04 Å². The van der Waals surface area contributed by atoms with Crippen molar-refractivity contribution in [3.8, 4) is 0 Å². The molecular formula is C26H39N3O4. The van der Waals surface area contributed by atoms with Crippen molar-refractivity contribution in [2.45, 2.75) is 54.0 Å². The van der Waals surface area contributed by atoms with E-state index in [0.29, 0.717) is 0 Å². The van der Waals surface area contributed by atoms with Gasteiger partial charge in [-0.1, -0.05) is 65.5 Å². The van der Waals surface area contributed by atoms with E-state index in [2.05, 4.69) is 17.2 Å². The zero-order valence-electron chi connectivity index (χ0n) is 21.2. The predicted molar refractivity (Wildman–Crippen MR) is 134 cm³/mol. The van der Waals surface area contributed by atoms with E-state index in [0.717, 1.165) is 16.8 Å². The average Bonchev–Trinajstić information content (AvgIpc) is 2.73. The number of nitrogens with one attached hydrogen (secondary N) is 2. The lowest BCUT2D eigenvalue weighted by atomic mass is 9.77. The first-order valence-electron chi connectivity index (χ1n) is 11.0. The highest BCUT2D eigenvalue weighted by molar-refractivity contribution is 5.90. The maximum absolute atomic E-state index is 13.1. The predicted octanol–water partition coefficient (Wildman–Crippen LogP) is 4.18. The number of likely N-dealkylation sites (N-methyl/N-ethyl adjacent to an activating group) is 1. The number of hydrogen-bond acceptors (Lipinski definition) is 4. The third kappa shape index (κ3) is 7.77. The van der Waals surface area contributed by atoms with Crippen LogP contribution in [0.3, 0.4) is 0 Å². The average molecular weight is 458 g/mol. The minimum atomic E-state index is -1.03. The summed E-state index contributed by atoms with van der Waals surface area (Å²) in [6, 6.07) is 7.04. The fourth-order valence-corrected chi connectivity index (χ4v) is 3.37. The van der Waals surface area contributed by atoms with Crippen LogP contribution in [0.2, 0.25) is 0 Å². The molecule has 0 aliphatic rings. The Kier molecular flexibility index (Phi) is 9.45. The number of para-hydroxylation sites is 1. The van der Waals surface area contributed by atoms with Crippen LogP contribution in [0.5, 0.6) is 0 Å². The van der Waals surface area contributed by atoms with Crippen molar-refractivity contribution in [3.05, 3.63) is 48.1 Å². The standard InChI is InChI=1S/C26H39N3O4/c1-17(24(32)33)14-15-29(9)23(31)22(25(3,4)5)28-21(30)16-26(6,7)18(2)19-12-10-11-13-20(19)27-8/h10-14,22,27H,2,15-16H2,1,3-9H3,(H,28,30)(H,32,33)/b17-14+. The van der Waals surface area contributed by atoms with Gasteiger partial charge in [-0.3, -0.25) is 9.59 Å². The molecule has 33 heavy (non-hydrogen) atoms. The largest absolute Gasteiger partial charge is 0.478 e. The quantitative estimate of drug-likeness (QED) is 0.458. The highest BCUT2D eigenvalue weighted by atomic mass is 16.4. The van der Waals surface area contributed by atoms with Gasteiger partial charge in [0.25, 0.3) is 0 Å². The van der Waals surface area contributed by atoms with Gasteiger partial charge in [-0.15, -0.1) is 0 Å². The number of carbonyl (C=O) groups excluding carboxylic acids is 2. The Bertz CT molecular complexity index is 926. The number of carboxylic acid groups (broad SMARTS) is 1. The second kappa shape index (κ2) is 11.2. The second-order valence-electron chi connectivity index (χ2n) is 10.1. The number of carboxylic acids is 1. The molecule has 0 heterocycles. The minimum absolute atomic E-state index is 0.141. The number of allylic oxidation sites excluding steroid dienone is 1. The summed E-state index contributed by atoms with van der Waals surface area (Å²) in [5.41, 5.74) is 1.79. The van der Waals surface area contributed by atoms with Crippen molar-refractivity contribution in [2.24, 2.45) is 10.8 Å². The van der Waals surface area contributed by atoms with Gasteiger partial charge in [0.2, 0.25) is 11.8 Å². The molecule has 0 saturated carbocycles. The summed E-state index contributed by atoms with van der Waals surface area (Å²) in [5.74, 6) is -1.55. The van der Waals surface area contributed by atoms with E-state index >= 15 is 0 Å². The van der Waals surface area contributed by atoms with Crippen LogP contribution in [0.25, 0.3) is 5.57 Å². The first-order chi connectivity index (χ1) is 15.1. The van der Waals surface area contributed by atoms with E-state index in [1.807, 2.05) is 65.9 Å². The molecule has 3 N–H and O–H groups in total. The van der Waals surface area contributed by atoms with Crippen molar-refractivity contribution in [2.75, 3.05) is 26.0 Å². The number of aliphatic carboxylic acids is 1. The lowest BCUT2D eigenvalue weighted by Gasteiger charge is -2.35. The summed E-state index contributed by atoms with van der Waals surface area (Å²) in [7, 11) is 3.44. The van der Waals surface area contributed by atoms with Gasteiger partial charge >= 0.3 is 5.97 Å². The zero-order valence-corrected chi connectivity index (χ0v) is 21.2. The summed E-state index contributed by atoms with van der Waals surface area (Å²) < 4.78 is 0. The lowest BCUT2D eigenvalue weighted by molar-refractivity contribution is -0.138. The molecule has 1 aromatic rings. The smallest absolute Gasteiger partial charge is 0.331 e. The summed E-state index contributed by atoms with van der Waals surface area (Å²) in [6.45, 7) is 15.4. The molecular weight excluding hydrogens is 418 g/mol. The topological polar surface area (TPSA) is 98.7 Å². The Morgan fingerprint density at radius 3 is 2.24 bits per heavy atom. The van der Waals surface area contributed by atoms with Crippen molar-refractivity contribution in [1.82, 2.24) is 10.2 Å². The van der Waals surface area contributed by atoms with Crippen LogP contribution >= 0.6 is 0 Å². The fraction of sp³-hybridized carbons (Fsp3) is 0.500. The molecule has 1 aromatic carbocycles. The molecule has 0 fully saturated rings. The van der Waals surface area contributed by atoms with Crippen LogP contribution in [0, 0.1) is 10.8 Å². The maximum atomic E-state index is 13.1. The highest BCUT2D eigenvalue weighted by Gasteiger charge is 2.36. The van der Waals surface area contributed by atoms with E-state index in [9.17, 15) is 14.4 Å². The molecule has 0 bridgehead atoms. The molecule has 7 nitrogen and oxygen atoms in total. The summed E-state index contributed by atoms with van der Waals surface area (Å²) in [4.78, 5) is 38.6. The highest BCUT2D eigenvalue weighted by Crippen LogP contribution is 2.39. The van der Waals surface area contributed by atoms with Crippen LogP contribution in [-0.2, 0) is 14.4 Å². The van der Waals surface area contributed by atoms with Crippen LogP contribution in [0.1, 0.15) is 53.5 Å². The third-order valence-corrected chi connectivity index (χ3v) is 5.74. The van der Waals surface area contributed by atoms with Crippen molar-refractivity contribution in [3.63, 3.8) is 0 Å². The Balaban J connectivity index is 3.00. The van der Waals surface area contributed by atoms with Crippen LogP contribution in [0.4, 0.5) is 5.69 Å². The maximum Gasteiger partial charge on any atom is 0.331 e. The normalized spacial score (nSPS) is 13.2. The van der Waals surface area contributed by atoms with Crippen molar-refractivity contribution >= 4 is 29.0 Å².